The second-order valence-electron chi connectivity index (χ2n) is 15.7. The molecule has 22 nitrogen and oxygen atoms in total. The van der Waals surface area contributed by atoms with Crippen molar-refractivity contribution in [2.45, 2.75) is 88.5 Å². The van der Waals surface area contributed by atoms with E-state index in [9.17, 15) is 49.8 Å². The molecule has 2 aromatic rings. The predicted molar refractivity (Wildman–Crippen MR) is 230 cm³/mol. The summed E-state index contributed by atoms with van der Waals surface area (Å²) >= 11 is 0. The minimum Gasteiger partial charge on any atom is -0.460 e. The summed E-state index contributed by atoms with van der Waals surface area (Å²) in [6, 6.07) is 18.2. The Morgan fingerprint density at radius 2 is 0.894 bits per heavy atom. The number of esters is 2. The van der Waals surface area contributed by atoms with Crippen molar-refractivity contribution in [3.63, 3.8) is 0 Å². The van der Waals surface area contributed by atoms with Gasteiger partial charge in [0.05, 0.1) is 78.0 Å². The minimum atomic E-state index is -1.45. The Hall–Kier alpha value is -4.24. The Labute approximate surface area is 383 Å². The van der Waals surface area contributed by atoms with Gasteiger partial charge in [0.1, 0.15) is 49.8 Å². The minimum absolute atomic E-state index is 0.0152. The third kappa shape index (κ3) is 19.5. The molecule has 0 aliphatic carbocycles. The van der Waals surface area contributed by atoms with Crippen molar-refractivity contribution >= 4 is 23.8 Å². The summed E-state index contributed by atoms with van der Waals surface area (Å²) in [7, 11) is 0. The number of carbonyl (C=O) groups is 4. The molecule has 8 N–H and O–H groups in total. The van der Waals surface area contributed by atoms with Crippen LogP contribution in [0.5, 0.6) is 0 Å². The number of amides is 2. The third-order valence-corrected chi connectivity index (χ3v) is 10.4. The summed E-state index contributed by atoms with van der Waals surface area (Å²) in [5.74, 6) is -2.11. The van der Waals surface area contributed by atoms with E-state index in [1.54, 1.807) is 24.3 Å². The molecule has 22 heteroatoms. The number of carbonyl (C=O) groups excluding carboxylic acids is 4. The summed E-state index contributed by atoms with van der Waals surface area (Å²) in [4.78, 5) is 55.4. The van der Waals surface area contributed by atoms with E-state index in [1.165, 1.54) is 23.6 Å². The monoisotopic (exact) mass is 938 g/mol. The van der Waals surface area contributed by atoms with Crippen molar-refractivity contribution in [2.75, 3.05) is 92.0 Å². The second-order valence-corrected chi connectivity index (χ2v) is 15.7. The average molecular weight is 939 g/mol. The molecule has 66 heavy (non-hydrogen) atoms. The normalized spacial score (nSPS) is 25.4. The van der Waals surface area contributed by atoms with Crippen molar-refractivity contribution < 1.29 is 87.7 Å². The number of hydrogen-bond donors (Lipinski definition) is 8. The first-order valence-electron chi connectivity index (χ1n) is 21.9. The summed E-state index contributed by atoms with van der Waals surface area (Å²) in [5, 5.41) is 65.3. The molecule has 2 heterocycles. The molecule has 2 amide bonds. The summed E-state index contributed by atoms with van der Waals surface area (Å²) in [5.41, 5.74) is 1.55. The Balaban J connectivity index is 1.27. The SMILES string of the molecule is C[C@@H]1O[C@@H](OCCOCCNC(=O)CN(CCN(CC(=O)OCc2ccccc2)CC(=O)OCc2ccccc2)CC(=O)NCCOCCO[C@@H]2O[C@@H](C)[C@H](O)[C@@H](O)[C@H]2O)[C@H](O)[C@H](O)[C@H]1O. The van der Waals surface area contributed by atoms with Crippen LogP contribution in [0.3, 0.4) is 0 Å². The van der Waals surface area contributed by atoms with Crippen molar-refractivity contribution in [3.05, 3.63) is 71.8 Å². The number of aliphatic hydroxyl groups excluding tert-OH is 6. The van der Waals surface area contributed by atoms with Gasteiger partial charge < -0.3 is 79.2 Å². The lowest BCUT2D eigenvalue weighted by Gasteiger charge is -2.38. The Morgan fingerprint density at radius 1 is 0.515 bits per heavy atom. The van der Waals surface area contributed by atoms with E-state index in [-0.39, 0.29) is 105 Å². The lowest BCUT2D eigenvalue weighted by atomic mass is 10.0. The molecule has 2 saturated heterocycles. The molecule has 2 aliphatic rings. The highest BCUT2D eigenvalue weighted by molar-refractivity contribution is 5.81. The molecular formula is C44H66N4O18. The van der Waals surface area contributed by atoms with Crippen LogP contribution >= 0.6 is 0 Å². The number of aliphatic hydroxyl groups is 6. The molecule has 0 bridgehead atoms. The highest BCUT2D eigenvalue weighted by Gasteiger charge is 2.43. The Bertz CT molecular complexity index is 1600. The zero-order chi connectivity index (χ0) is 47.8. The van der Waals surface area contributed by atoms with Crippen LogP contribution in [0.25, 0.3) is 0 Å². The number of nitrogens with one attached hydrogen (secondary N) is 2. The van der Waals surface area contributed by atoms with Crippen LogP contribution in [0.4, 0.5) is 0 Å². The number of rotatable bonds is 29. The molecule has 4 rings (SSSR count). The van der Waals surface area contributed by atoms with E-state index < -0.39 is 85.2 Å². The van der Waals surface area contributed by atoms with Crippen LogP contribution in [0.15, 0.2) is 60.7 Å². The molecule has 2 fully saturated rings. The molecule has 2 aromatic carbocycles. The van der Waals surface area contributed by atoms with Gasteiger partial charge in [0.2, 0.25) is 11.8 Å². The van der Waals surface area contributed by atoms with Crippen molar-refractivity contribution in [1.82, 2.24) is 20.4 Å². The van der Waals surface area contributed by atoms with Gasteiger partial charge in [-0.25, -0.2) is 0 Å². The quantitative estimate of drug-likeness (QED) is 0.0299. The zero-order valence-electron chi connectivity index (χ0n) is 37.3. The molecule has 2 aliphatic heterocycles. The molecule has 370 valence electrons. The molecule has 0 saturated carbocycles. The van der Waals surface area contributed by atoms with Crippen molar-refractivity contribution in [2.24, 2.45) is 0 Å². The number of ether oxygens (including phenoxy) is 8. The first kappa shape index (κ1) is 54.4. The number of nitrogens with zero attached hydrogens (tertiary/aromatic N) is 2. The molecular weight excluding hydrogens is 872 g/mol. The van der Waals surface area contributed by atoms with Crippen LogP contribution in [0, 0.1) is 0 Å². The topological polar surface area (TPSA) is 294 Å². The Morgan fingerprint density at radius 3 is 1.29 bits per heavy atom. The second kappa shape index (κ2) is 29.5. The fourth-order valence-electron chi connectivity index (χ4n) is 6.64. The van der Waals surface area contributed by atoms with E-state index in [0.717, 1.165) is 11.1 Å². The van der Waals surface area contributed by atoms with Gasteiger partial charge in [0.25, 0.3) is 0 Å². The van der Waals surface area contributed by atoms with Crippen LogP contribution < -0.4 is 10.6 Å². The average Bonchev–Trinajstić information content (AvgIpc) is 3.31. The third-order valence-electron chi connectivity index (χ3n) is 10.4. The summed E-state index contributed by atoms with van der Waals surface area (Å²) < 4.78 is 43.7. The lowest BCUT2D eigenvalue weighted by molar-refractivity contribution is -0.294. The van der Waals surface area contributed by atoms with Crippen LogP contribution in [0.1, 0.15) is 25.0 Å². The molecule has 0 unspecified atom stereocenters. The van der Waals surface area contributed by atoms with E-state index in [4.69, 9.17) is 37.9 Å². The van der Waals surface area contributed by atoms with Crippen molar-refractivity contribution in [3.8, 4) is 0 Å². The van der Waals surface area contributed by atoms with Crippen LogP contribution in [0.2, 0.25) is 0 Å². The largest absolute Gasteiger partial charge is 0.460 e. The summed E-state index contributed by atoms with van der Waals surface area (Å²) in [6.45, 7) is 2.55. The van der Waals surface area contributed by atoms with Gasteiger partial charge in [0.15, 0.2) is 12.6 Å². The molecule has 0 aromatic heterocycles. The number of benzene rings is 2. The maximum atomic E-state index is 13.1. The standard InChI is InChI=1S/C44H66N4O18/c1-29-37(53)39(55)41(57)43(65-29)61-21-19-59-17-13-45-33(49)23-47(24-34(50)46-14-18-60-20-22-62-44-42(58)40(56)38(54)30(2)66-44)15-16-48(25-35(51)63-27-31-9-5-3-6-10-31)26-36(52)64-28-32-11-7-4-8-12-32/h3-12,29-30,37-44,53-58H,13-28H2,1-2H3,(H,45,49)(H,46,50)/t29-,30-,37-,38-,39+,40+,41+,42+,43+,44+/m0/s1. The first-order valence-corrected chi connectivity index (χ1v) is 21.9. The fourth-order valence-corrected chi connectivity index (χ4v) is 6.64. The maximum absolute atomic E-state index is 13.1. The van der Waals surface area contributed by atoms with Gasteiger partial charge in [-0.05, 0) is 25.0 Å². The fraction of sp³-hybridized carbons (Fsp3) is 0.636. The summed E-state index contributed by atoms with van der Waals surface area (Å²) in [6.07, 6.45) is -12.1. The predicted octanol–water partition coefficient (Wildman–Crippen LogP) is -2.97. The van der Waals surface area contributed by atoms with Crippen LogP contribution in [-0.2, 0) is 70.3 Å². The van der Waals surface area contributed by atoms with E-state index >= 15 is 0 Å². The zero-order valence-corrected chi connectivity index (χ0v) is 37.3. The van der Waals surface area contributed by atoms with Gasteiger partial charge in [0, 0.05) is 26.2 Å². The van der Waals surface area contributed by atoms with Gasteiger partial charge in [-0.2, -0.15) is 0 Å². The van der Waals surface area contributed by atoms with Crippen molar-refractivity contribution in [1.29, 1.82) is 0 Å². The first-order chi connectivity index (χ1) is 31.7. The van der Waals surface area contributed by atoms with Crippen LogP contribution in [-0.4, -0.2) is 218 Å². The van der Waals surface area contributed by atoms with Gasteiger partial charge in [-0.15, -0.1) is 0 Å². The highest BCUT2D eigenvalue weighted by atomic mass is 16.7. The number of hydrogen-bond acceptors (Lipinski definition) is 20. The highest BCUT2D eigenvalue weighted by Crippen LogP contribution is 2.22. The molecule has 10 atom stereocenters. The van der Waals surface area contributed by atoms with E-state index in [0.29, 0.717) is 0 Å². The molecule has 0 radical (unpaired) electrons. The maximum Gasteiger partial charge on any atom is 0.320 e. The van der Waals surface area contributed by atoms with E-state index in [2.05, 4.69) is 10.6 Å². The van der Waals surface area contributed by atoms with Gasteiger partial charge >= 0.3 is 11.9 Å². The lowest BCUT2D eigenvalue weighted by Crippen LogP contribution is -2.57. The molecule has 0 spiro atoms. The van der Waals surface area contributed by atoms with Gasteiger partial charge in [-0.3, -0.25) is 29.0 Å². The van der Waals surface area contributed by atoms with Gasteiger partial charge in [-0.1, -0.05) is 60.7 Å². The smallest absolute Gasteiger partial charge is 0.320 e. The van der Waals surface area contributed by atoms with E-state index in [1.807, 2.05) is 36.4 Å². The Kier molecular flexibility index (Phi) is 24.3.